The van der Waals surface area contributed by atoms with Crippen LogP contribution in [0.15, 0.2) is 46.1 Å². The number of hydrogen-bond acceptors (Lipinski definition) is 6. The van der Waals surface area contributed by atoms with Crippen LogP contribution in [0, 0.1) is 6.92 Å². The molecule has 0 saturated carbocycles. The number of ether oxygens (including phenoxy) is 3. The van der Waals surface area contributed by atoms with E-state index in [2.05, 4.69) is 4.72 Å². The van der Waals surface area contributed by atoms with E-state index in [-0.39, 0.29) is 22.1 Å². The van der Waals surface area contributed by atoms with Gasteiger partial charge in [0.15, 0.2) is 11.5 Å². The summed E-state index contributed by atoms with van der Waals surface area (Å²) in [6.45, 7) is 5.84. The van der Waals surface area contributed by atoms with E-state index in [1.807, 2.05) is 20.8 Å². The maximum absolute atomic E-state index is 13.0. The Balaban J connectivity index is 1.97. The Kier molecular flexibility index (Phi) is 6.78. The lowest BCUT2D eigenvalue weighted by molar-refractivity contribution is 0.325. The van der Waals surface area contributed by atoms with Crippen molar-refractivity contribution in [3.8, 4) is 22.9 Å². The fraction of sp³-hybridized carbons (Fsp3) is 0.348. The fourth-order valence-electron chi connectivity index (χ4n) is 3.81. The zero-order chi connectivity index (χ0) is 24.5. The maximum atomic E-state index is 13.0. The molecule has 3 rings (SSSR count). The van der Waals surface area contributed by atoms with Gasteiger partial charge in [-0.25, -0.2) is 13.1 Å². The zero-order valence-corrected chi connectivity index (χ0v) is 20.6. The number of methoxy groups -OCH3 is 3. The lowest BCUT2D eigenvalue weighted by Gasteiger charge is -2.15. The van der Waals surface area contributed by atoms with Crippen LogP contribution in [0.25, 0.3) is 5.69 Å². The first-order chi connectivity index (χ1) is 15.5. The Morgan fingerprint density at radius 2 is 1.48 bits per heavy atom. The minimum absolute atomic E-state index is 0.0445. The molecule has 1 aromatic heterocycles. The second-order valence-electron chi connectivity index (χ2n) is 7.81. The van der Waals surface area contributed by atoms with E-state index in [1.165, 1.54) is 50.3 Å². The summed E-state index contributed by atoms with van der Waals surface area (Å²) in [4.78, 5) is 13.0. The molecule has 1 heterocycles. The van der Waals surface area contributed by atoms with E-state index in [0.29, 0.717) is 22.9 Å². The molecule has 0 amide bonds. The third-order valence-electron chi connectivity index (χ3n) is 5.48. The topological polar surface area (TPSA) is 101 Å². The molecule has 3 aromatic rings. The number of benzene rings is 2. The van der Waals surface area contributed by atoms with Gasteiger partial charge in [0.05, 0.1) is 37.6 Å². The minimum atomic E-state index is -3.91. The van der Waals surface area contributed by atoms with Gasteiger partial charge in [-0.15, -0.1) is 0 Å². The predicted molar refractivity (Wildman–Crippen MR) is 127 cm³/mol. The lowest BCUT2D eigenvalue weighted by atomic mass is 10.0. The van der Waals surface area contributed by atoms with Crippen LogP contribution in [0.3, 0.4) is 0 Å². The average Bonchev–Trinajstić information content (AvgIpc) is 3.00. The number of anilines is 1. The van der Waals surface area contributed by atoms with E-state index in [0.717, 1.165) is 11.3 Å². The summed E-state index contributed by atoms with van der Waals surface area (Å²) in [5.41, 5.74) is 2.32. The molecular weight excluding hydrogens is 446 g/mol. The summed E-state index contributed by atoms with van der Waals surface area (Å²) < 4.78 is 47.6. The molecule has 0 aliphatic rings. The smallest absolute Gasteiger partial charge is 0.275 e. The number of rotatable bonds is 8. The highest BCUT2D eigenvalue weighted by molar-refractivity contribution is 7.92. The minimum Gasteiger partial charge on any atom is -0.493 e. The van der Waals surface area contributed by atoms with Crippen LogP contribution < -0.4 is 24.5 Å². The van der Waals surface area contributed by atoms with Crippen molar-refractivity contribution in [2.24, 2.45) is 7.05 Å². The maximum Gasteiger partial charge on any atom is 0.275 e. The number of hydrogen-bond donors (Lipinski definition) is 1. The van der Waals surface area contributed by atoms with Crippen molar-refractivity contribution in [1.82, 2.24) is 9.36 Å². The monoisotopic (exact) mass is 475 g/mol. The second kappa shape index (κ2) is 9.22. The van der Waals surface area contributed by atoms with Gasteiger partial charge in [-0.1, -0.05) is 13.8 Å². The Labute approximate surface area is 193 Å². The summed E-state index contributed by atoms with van der Waals surface area (Å²) in [6.07, 6.45) is 0. The highest BCUT2D eigenvalue weighted by atomic mass is 32.2. The van der Waals surface area contributed by atoms with Gasteiger partial charge < -0.3 is 14.2 Å². The molecule has 0 aliphatic heterocycles. The molecule has 9 nitrogen and oxygen atoms in total. The third kappa shape index (κ3) is 4.43. The molecule has 1 N–H and O–H groups in total. The van der Waals surface area contributed by atoms with Crippen LogP contribution in [0.2, 0.25) is 0 Å². The molecule has 0 aliphatic carbocycles. The van der Waals surface area contributed by atoms with Crippen molar-refractivity contribution in [2.75, 3.05) is 26.1 Å². The van der Waals surface area contributed by atoms with Crippen LogP contribution in [0.4, 0.5) is 5.69 Å². The first kappa shape index (κ1) is 24.2. The number of sulfonamides is 1. The predicted octanol–water partition coefficient (Wildman–Crippen LogP) is 3.43. The van der Waals surface area contributed by atoms with E-state index < -0.39 is 10.0 Å². The molecule has 0 saturated heterocycles. The van der Waals surface area contributed by atoms with E-state index in [4.69, 9.17) is 14.2 Å². The summed E-state index contributed by atoms with van der Waals surface area (Å²) in [6, 6.07) is 9.14. The normalized spacial score (nSPS) is 11.5. The van der Waals surface area contributed by atoms with Crippen molar-refractivity contribution >= 4 is 15.7 Å². The Hall–Kier alpha value is -3.40. The van der Waals surface area contributed by atoms with Gasteiger partial charge in [-0.3, -0.25) is 14.2 Å². The SMILES string of the molecule is COc1cc(NS(=O)(=O)c2ccc(-n3c(=O)c(C(C)C)c(C)n3C)cc2)cc(OC)c1OC. The molecule has 0 radical (unpaired) electrons. The van der Waals surface area contributed by atoms with Gasteiger partial charge in [-0.05, 0) is 37.1 Å². The van der Waals surface area contributed by atoms with Crippen LogP contribution in [0.1, 0.15) is 31.0 Å². The Morgan fingerprint density at radius 3 is 1.91 bits per heavy atom. The van der Waals surface area contributed by atoms with Crippen molar-refractivity contribution in [2.45, 2.75) is 31.6 Å². The van der Waals surface area contributed by atoms with Gasteiger partial charge in [-0.2, -0.15) is 0 Å². The number of aromatic nitrogens is 2. The molecule has 0 unspecified atom stereocenters. The van der Waals surface area contributed by atoms with Crippen LogP contribution in [-0.4, -0.2) is 39.1 Å². The molecule has 0 atom stereocenters. The largest absolute Gasteiger partial charge is 0.493 e. The van der Waals surface area contributed by atoms with E-state index in [1.54, 1.807) is 23.9 Å². The molecule has 33 heavy (non-hydrogen) atoms. The molecule has 0 spiro atoms. The van der Waals surface area contributed by atoms with Crippen molar-refractivity contribution in [3.05, 3.63) is 58.0 Å². The van der Waals surface area contributed by atoms with Crippen LogP contribution >= 0.6 is 0 Å². The molecule has 0 fully saturated rings. The molecular formula is C23H29N3O6S. The van der Waals surface area contributed by atoms with Crippen molar-refractivity contribution in [1.29, 1.82) is 0 Å². The first-order valence-corrected chi connectivity index (χ1v) is 11.8. The molecule has 2 aromatic carbocycles. The third-order valence-corrected chi connectivity index (χ3v) is 6.88. The van der Waals surface area contributed by atoms with Gasteiger partial charge in [0, 0.05) is 30.4 Å². The summed E-state index contributed by atoms with van der Waals surface area (Å²) in [5.74, 6) is 1.08. The summed E-state index contributed by atoms with van der Waals surface area (Å²) >= 11 is 0. The van der Waals surface area contributed by atoms with Gasteiger partial charge in [0.25, 0.3) is 15.6 Å². The van der Waals surface area contributed by atoms with Crippen molar-refractivity contribution < 1.29 is 22.6 Å². The lowest BCUT2D eigenvalue weighted by Crippen LogP contribution is -2.21. The number of nitrogens with zero attached hydrogens (tertiary/aromatic N) is 2. The standard InChI is InChI=1S/C23H29N3O6S/c1-14(2)21-15(3)25(4)26(23(21)27)17-8-10-18(11-9-17)33(28,29)24-16-12-19(30-5)22(32-7)20(13-16)31-6/h8-14,24H,1-7H3. The van der Waals surface area contributed by atoms with Crippen LogP contribution in [0.5, 0.6) is 17.2 Å². The zero-order valence-electron chi connectivity index (χ0n) is 19.8. The quantitative estimate of drug-likeness (QED) is 0.536. The summed E-state index contributed by atoms with van der Waals surface area (Å²) in [7, 11) is 2.26. The highest BCUT2D eigenvalue weighted by Crippen LogP contribution is 2.40. The molecule has 178 valence electrons. The highest BCUT2D eigenvalue weighted by Gasteiger charge is 2.21. The van der Waals surface area contributed by atoms with E-state index in [9.17, 15) is 13.2 Å². The average molecular weight is 476 g/mol. The van der Waals surface area contributed by atoms with Crippen molar-refractivity contribution in [3.63, 3.8) is 0 Å². The molecule has 10 heteroatoms. The Morgan fingerprint density at radius 1 is 0.939 bits per heavy atom. The fourth-order valence-corrected chi connectivity index (χ4v) is 4.85. The summed E-state index contributed by atoms with van der Waals surface area (Å²) in [5, 5.41) is 0. The Bertz CT molecular complexity index is 1300. The number of nitrogens with one attached hydrogen (secondary N) is 1. The van der Waals surface area contributed by atoms with Gasteiger partial charge >= 0.3 is 0 Å². The second-order valence-corrected chi connectivity index (χ2v) is 9.49. The van der Waals surface area contributed by atoms with Crippen LogP contribution in [-0.2, 0) is 17.1 Å². The van der Waals surface area contributed by atoms with Gasteiger partial charge in [0.1, 0.15) is 0 Å². The van der Waals surface area contributed by atoms with Gasteiger partial charge in [0.2, 0.25) is 5.75 Å². The van der Waals surface area contributed by atoms with E-state index >= 15 is 0 Å². The first-order valence-electron chi connectivity index (χ1n) is 10.3. The molecule has 0 bridgehead atoms.